The molecule has 0 aliphatic carbocycles. The Morgan fingerprint density at radius 3 is 2.11 bits per heavy atom. The summed E-state index contributed by atoms with van der Waals surface area (Å²) < 4.78 is 61.8. The molecule has 6 nitrogen and oxygen atoms in total. The number of carbonyl (C=O) groups excluding carboxylic acids is 1. The van der Waals surface area contributed by atoms with Crippen molar-refractivity contribution < 1.29 is 26.9 Å². The van der Waals surface area contributed by atoms with Crippen LogP contribution in [-0.2, 0) is 21.9 Å². The molecule has 1 heterocycles. The molecule has 1 aromatic carbocycles. The molecule has 2 rings (SSSR count). The van der Waals surface area contributed by atoms with Gasteiger partial charge in [0.15, 0.2) is 0 Å². The number of benzene rings is 1. The van der Waals surface area contributed by atoms with Crippen LogP contribution < -0.4 is 9.62 Å². The van der Waals surface area contributed by atoms with Gasteiger partial charge in [0.1, 0.15) is 5.60 Å². The summed E-state index contributed by atoms with van der Waals surface area (Å²) in [4.78, 5) is 16.2. The number of nitrogens with one attached hydrogen (secondary N) is 1. The van der Waals surface area contributed by atoms with Gasteiger partial charge in [-0.3, -0.25) is 0 Å². The van der Waals surface area contributed by atoms with Gasteiger partial charge in [-0.1, -0.05) is 20.8 Å². The number of ether oxygens (including phenoxy) is 1. The molecule has 10 heteroatoms. The van der Waals surface area contributed by atoms with Gasteiger partial charge in [0, 0.05) is 37.9 Å². The zero-order valence-corrected chi connectivity index (χ0v) is 22.9. The lowest BCUT2D eigenvalue weighted by Gasteiger charge is -2.39. The fourth-order valence-electron chi connectivity index (χ4n) is 3.62. The standard InChI is InChI=1S/C25H40F3N3O3S/c1-9-24(7,8)34-22(32)31-14-12-30(13-15-31)20-11-10-18(25(26,27)28)16-19(20)21(17(2)3)29-35(33)23(4,5)6/h10-11,16-17,21,29H,9,12-15H2,1-8H3. The molecule has 1 amide bonds. The van der Waals surface area contributed by atoms with E-state index in [1.54, 1.807) is 4.90 Å². The monoisotopic (exact) mass is 519 g/mol. The molecule has 1 aliphatic heterocycles. The van der Waals surface area contributed by atoms with Crippen LogP contribution in [0.5, 0.6) is 0 Å². The first-order valence-corrected chi connectivity index (χ1v) is 13.2. The van der Waals surface area contributed by atoms with E-state index in [4.69, 9.17) is 4.74 Å². The number of piperazine rings is 1. The summed E-state index contributed by atoms with van der Waals surface area (Å²) in [7, 11) is -1.47. The van der Waals surface area contributed by atoms with Gasteiger partial charge in [0.2, 0.25) is 0 Å². The van der Waals surface area contributed by atoms with Crippen molar-refractivity contribution in [3.63, 3.8) is 0 Å². The van der Waals surface area contributed by atoms with Gasteiger partial charge in [-0.25, -0.2) is 13.7 Å². The van der Waals surface area contributed by atoms with Crippen LogP contribution in [0.3, 0.4) is 0 Å². The van der Waals surface area contributed by atoms with E-state index in [-0.39, 0.29) is 12.0 Å². The van der Waals surface area contributed by atoms with Crippen molar-refractivity contribution in [2.45, 2.75) is 84.4 Å². The summed E-state index contributed by atoms with van der Waals surface area (Å²) in [5.74, 6) is -0.115. The van der Waals surface area contributed by atoms with Crippen molar-refractivity contribution in [3.05, 3.63) is 29.3 Å². The van der Waals surface area contributed by atoms with E-state index in [9.17, 15) is 22.2 Å². The minimum absolute atomic E-state index is 0.115. The Morgan fingerprint density at radius 1 is 1.09 bits per heavy atom. The highest BCUT2D eigenvalue weighted by Crippen LogP contribution is 2.38. The van der Waals surface area contributed by atoms with E-state index < -0.39 is 39.1 Å². The maximum absolute atomic E-state index is 13.6. The van der Waals surface area contributed by atoms with Gasteiger partial charge < -0.3 is 14.5 Å². The van der Waals surface area contributed by atoms with Crippen LogP contribution in [0, 0.1) is 5.92 Å². The lowest BCUT2D eigenvalue weighted by molar-refractivity contribution is -0.137. The fourth-order valence-corrected chi connectivity index (χ4v) is 4.61. The fraction of sp³-hybridized carbons (Fsp3) is 0.720. The molecule has 200 valence electrons. The second-order valence-corrected chi connectivity index (χ2v) is 12.9. The highest BCUT2D eigenvalue weighted by Gasteiger charge is 2.35. The summed E-state index contributed by atoms with van der Waals surface area (Å²) in [5.41, 5.74) is -0.199. The first-order valence-electron chi connectivity index (χ1n) is 12.1. The second kappa shape index (κ2) is 11.1. The molecule has 1 saturated heterocycles. The topological polar surface area (TPSA) is 61.9 Å². The maximum Gasteiger partial charge on any atom is 0.416 e. The molecule has 0 aromatic heterocycles. The van der Waals surface area contributed by atoms with E-state index in [1.807, 2.05) is 60.3 Å². The van der Waals surface area contributed by atoms with Crippen LogP contribution in [0.15, 0.2) is 18.2 Å². The smallest absolute Gasteiger partial charge is 0.416 e. The quantitative estimate of drug-likeness (QED) is 0.487. The molecule has 1 N–H and O–H groups in total. The Labute approximate surface area is 210 Å². The van der Waals surface area contributed by atoms with Gasteiger partial charge in [0.05, 0.1) is 21.3 Å². The lowest BCUT2D eigenvalue weighted by atomic mass is 9.93. The van der Waals surface area contributed by atoms with Gasteiger partial charge >= 0.3 is 12.3 Å². The Hall–Kier alpha value is -1.81. The number of nitrogens with zero attached hydrogens (tertiary/aromatic N) is 2. The predicted octanol–water partition coefficient (Wildman–Crippen LogP) is 5.90. The average Bonchev–Trinajstić information content (AvgIpc) is 2.75. The van der Waals surface area contributed by atoms with Crippen molar-refractivity contribution >= 4 is 22.8 Å². The summed E-state index contributed by atoms with van der Waals surface area (Å²) in [6.07, 6.45) is -4.19. The minimum atomic E-state index is -4.49. The third kappa shape index (κ3) is 7.84. The number of hydrogen-bond donors (Lipinski definition) is 1. The lowest BCUT2D eigenvalue weighted by Crippen LogP contribution is -2.50. The molecule has 0 bridgehead atoms. The van der Waals surface area contributed by atoms with E-state index in [1.165, 1.54) is 6.07 Å². The van der Waals surface area contributed by atoms with Gasteiger partial charge in [0.25, 0.3) is 0 Å². The van der Waals surface area contributed by atoms with E-state index in [2.05, 4.69) is 4.72 Å². The van der Waals surface area contributed by atoms with Crippen molar-refractivity contribution in [2.75, 3.05) is 31.1 Å². The van der Waals surface area contributed by atoms with Crippen molar-refractivity contribution in [3.8, 4) is 0 Å². The molecule has 0 saturated carbocycles. The Bertz CT molecular complexity index is 905. The van der Waals surface area contributed by atoms with E-state index >= 15 is 0 Å². The summed E-state index contributed by atoms with van der Waals surface area (Å²) in [6, 6.07) is 3.18. The molecule has 1 aliphatic rings. The number of amides is 1. The second-order valence-electron chi connectivity index (χ2n) is 10.9. The average molecular weight is 520 g/mol. The van der Waals surface area contributed by atoms with Crippen LogP contribution >= 0.6 is 0 Å². The molecule has 1 fully saturated rings. The highest BCUT2D eigenvalue weighted by atomic mass is 32.2. The number of carbonyl (C=O) groups is 1. The molecule has 2 unspecified atom stereocenters. The third-order valence-electron chi connectivity index (χ3n) is 6.24. The minimum Gasteiger partial charge on any atom is -0.443 e. The van der Waals surface area contributed by atoms with Gasteiger partial charge in [-0.15, -0.1) is 0 Å². The largest absolute Gasteiger partial charge is 0.443 e. The van der Waals surface area contributed by atoms with Crippen LogP contribution in [0.1, 0.15) is 79.0 Å². The summed E-state index contributed by atoms with van der Waals surface area (Å²) in [6.45, 7) is 16.6. The first-order chi connectivity index (χ1) is 16.0. The number of hydrogen-bond acceptors (Lipinski definition) is 4. The highest BCUT2D eigenvalue weighted by molar-refractivity contribution is 7.84. The predicted molar refractivity (Wildman–Crippen MR) is 135 cm³/mol. The molecule has 1 aromatic rings. The Morgan fingerprint density at radius 2 is 1.66 bits per heavy atom. The van der Waals surface area contributed by atoms with Gasteiger partial charge in [-0.05, 0) is 70.7 Å². The number of anilines is 1. The molecular formula is C25H40F3N3O3S. The van der Waals surface area contributed by atoms with Crippen LogP contribution in [0.25, 0.3) is 0 Å². The zero-order valence-electron chi connectivity index (χ0n) is 22.1. The number of alkyl halides is 3. The van der Waals surface area contributed by atoms with Gasteiger partial charge in [-0.2, -0.15) is 13.2 Å². The number of halogens is 3. The van der Waals surface area contributed by atoms with Crippen molar-refractivity contribution in [2.24, 2.45) is 5.92 Å². The normalized spacial score (nSPS) is 17.5. The van der Waals surface area contributed by atoms with E-state index in [0.29, 0.717) is 43.9 Å². The summed E-state index contributed by atoms with van der Waals surface area (Å²) >= 11 is 0. The van der Waals surface area contributed by atoms with E-state index in [0.717, 1.165) is 12.1 Å². The van der Waals surface area contributed by atoms with Crippen molar-refractivity contribution in [1.29, 1.82) is 0 Å². The Balaban J connectivity index is 2.35. The van der Waals surface area contributed by atoms with Crippen LogP contribution in [0.4, 0.5) is 23.7 Å². The zero-order chi connectivity index (χ0) is 26.8. The van der Waals surface area contributed by atoms with Crippen molar-refractivity contribution in [1.82, 2.24) is 9.62 Å². The molecule has 0 spiro atoms. The first kappa shape index (κ1) is 29.4. The molecular weight excluding hydrogens is 479 g/mol. The molecule has 0 radical (unpaired) electrons. The molecule has 2 atom stereocenters. The SMILES string of the molecule is CCC(C)(C)OC(=O)N1CCN(c2ccc(C(F)(F)F)cc2C(NS(=O)C(C)(C)C)C(C)C)CC1. The summed E-state index contributed by atoms with van der Waals surface area (Å²) in [5, 5.41) is 0. The molecule has 35 heavy (non-hydrogen) atoms. The third-order valence-corrected chi connectivity index (χ3v) is 7.82. The van der Waals surface area contributed by atoms with Crippen LogP contribution in [0.2, 0.25) is 0 Å². The maximum atomic E-state index is 13.6. The Kier molecular flexibility index (Phi) is 9.30. The number of rotatable bonds is 7. The van der Waals surface area contributed by atoms with Crippen LogP contribution in [-0.4, -0.2) is 51.7 Å².